The molecule has 0 aromatic carbocycles. The van der Waals surface area contributed by atoms with Crippen molar-refractivity contribution in [3.05, 3.63) is 0 Å². The van der Waals surface area contributed by atoms with E-state index in [9.17, 15) is 4.79 Å². The molecular formula is C6H14N2O. The minimum absolute atomic E-state index is 0.267. The predicted molar refractivity (Wildman–Crippen MR) is 37.0 cm³/mol. The standard InChI is InChI=1S/C6H14N2O/c1-5(2)8(3)4-6(7)9/h5H,4H2,1-3H3,(H2,7,9)/i/hT. The van der Waals surface area contributed by atoms with E-state index in [1.807, 2.05) is 31.5 Å². The first-order valence-electron chi connectivity index (χ1n) is 3.48. The van der Waals surface area contributed by atoms with Gasteiger partial charge in [-0.15, -0.1) is 0 Å². The lowest BCUT2D eigenvalue weighted by molar-refractivity contribution is -0.119. The van der Waals surface area contributed by atoms with Gasteiger partial charge in [0.05, 0.1) is 6.54 Å². The van der Waals surface area contributed by atoms with Crippen LogP contribution in [0.1, 0.15) is 13.8 Å². The number of nitrogens with two attached hydrogens (primary N) is 1. The van der Waals surface area contributed by atoms with Gasteiger partial charge < -0.3 is 5.73 Å². The van der Waals surface area contributed by atoms with Crippen molar-refractivity contribution in [2.45, 2.75) is 19.9 Å². The summed E-state index contributed by atoms with van der Waals surface area (Å²) >= 11 is 0. The third-order valence-electron chi connectivity index (χ3n) is 1.27. The first kappa shape index (κ1) is 6.55. The number of likely N-dealkylation sites (N-methyl/N-ethyl adjacent to an activating group) is 1. The van der Waals surface area contributed by atoms with Gasteiger partial charge in [0.1, 0.15) is 0 Å². The van der Waals surface area contributed by atoms with Crippen molar-refractivity contribution in [3.8, 4) is 0 Å². The highest BCUT2D eigenvalue weighted by Gasteiger charge is 2.04. The minimum atomic E-state index is -0.267. The fraction of sp³-hybridized carbons (Fsp3) is 0.833. The fourth-order valence-electron chi connectivity index (χ4n) is 0.409. The summed E-state index contributed by atoms with van der Waals surface area (Å²) in [5, 5.41) is 0. The highest BCUT2D eigenvalue weighted by Crippen LogP contribution is 1.90. The van der Waals surface area contributed by atoms with Gasteiger partial charge in [-0.25, -0.2) is 0 Å². The molecule has 0 aliphatic carbocycles. The smallest absolute Gasteiger partial charge is 0.231 e. The van der Waals surface area contributed by atoms with Crippen molar-refractivity contribution in [3.63, 3.8) is 0 Å². The first-order valence-corrected chi connectivity index (χ1v) is 2.98. The second-order valence-corrected chi connectivity index (χ2v) is 2.43. The molecule has 0 aromatic heterocycles. The molecule has 0 bridgehead atoms. The van der Waals surface area contributed by atoms with E-state index in [-0.39, 0.29) is 5.91 Å². The van der Waals surface area contributed by atoms with Gasteiger partial charge in [0.25, 0.3) is 0 Å². The monoisotopic (exact) mass is 132 g/mol. The fourth-order valence-corrected chi connectivity index (χ4v) is 0.409. The average molecular weight is 132 g/mol. The summed E-state index contributed by atoms with van der Waals surface area (Å²) in [6, 6.07) is 0.345. The van der Waals surface area contributed by atoms with Gasteiger partial charge in [0, 0.05) is 6.04 Å². The number of nitrogens with zero attached hydrogens (tertiary/aromatic N) is 1. The van der Waals surface area contributed by atoms with E-state index < -0.39 is 0 Å². The molecule has 0 spiro atoms. The van der Waals surface area contributed by atoms with Crippen molar-refractivity contribution in [1.29, 1.82) is 0 Å². The molecule has 0 aromatic rings. The van der Waals surface area contributed by atoms with Crippen LogP contribution in [-0.2, 0) is 4.79 Å². The molecule has 1 amide bonds. The normalized spacial score (nSPS) is 11.9. The molecule has 0 heterocycles. The molecule has 0 saturated carbocycles. The van der Waals surface area contributed by atoms with Gasteiger partial charge in [-0.2, -0.15) is 0 Å². The molecule has 0 rings (SSSR count). The molecule has 0 aliphatic heterocycles. The Morgan fingerprint density at radius 2 is 2.44 bits per heavy atom. The number of rotatable bonds is 3. The molecule has 0 atom stereocenters. The lowest BCUT2D eigenvalue weighted by atomic mass is 10.3. The Kier molecular flexibility index (Phi) is 2.51. The Morgan fingerprint density at radius 3 is 2.78 bits per heavy atom. The van der Waals surface area contributed by atoms with E-state index >= 15 is 0 Å². The van der Waals surface area contributed by atoms with Gasteiger partial charge in [-0.05, 0) is 20.9 Å². The number of carbonyl (C=O) groups excluding carboxylic acids is 1. The van der Waals surface area contributed by atoms with E-state index in [2.05, 4.69) is 0 Å². The summed E-state index contributed by atoms with van der Waals surface area (Å²) in [4.78, 5) is 12.5. The second kappa shape index (κ2) is 3.45. The van der Waals surface area contributed by atoms with Crippen molar-refractivity contribution in [1.82, 2.24) is 4.90 Å². The molecule has 0 aliphatic rings. The number of carbonyl (C=O) groups is 1. The number of amides is 1. The van der Waals surface area contributed by atoms with Crippen molar-refractivity contribution < 1.29 is 6.21 Å². The maximum absolute atomic E-state index is 10.6. The molecule has 3 heteroatoms. The lowest BCUT2D eigenvalue weighted by Gasteiger charge is -2.18. The summed E-state index contributed by atoms with van der Waals surface area (Å²) < 4.78 is 6.52. The number of hydrogen-bond donors (Lipinski definition) is 1. The zero-order valence-electron chi connectivity index (χ0n) is 7.14. The van der Waals surface area contributed by atoms with Crippen LogP contribution in [0.4, 0.5) is 0 Å². The Hall–Kier alpha value is -0.570. The van der Waals surface area contributed by atoms with Gasteiger partial charge in [0.15, 0.2) is 1.41 Å². The molecule has 0 radical (unpaired) electrons. The van der Waals surface area contributed by atoms with E-state index in [0.717, 1.165) is 0 Å². The predicted octanol–water partition coefficient (Wildman–Crippen LogP) is -0.188. The Labute approximate surface area is 57.3 Å². The lowest BCUT2D eigenvalue weighted by Crippen LogP contribution is -2.35. The van der Waals surface area contributed by atoms with Crippen LogP contribution in [-0.4, -0.2) is 30.4 Å². The highest BCUT2D eigenvalue weighted by atomic mass is 16.1. The summed E-state index contributed by atoms with van der Waals surface area (Å²) in [6.07, 6.45) is 0. The third kappa shape index (κ3) is 3.97. The molecule has 0 saturated heterocycles. The number of primary amides is 1. The van der Waals surface area contributed by atoms with Crippen LogP contribution in [0.3, 0.4) is 0 Å². The Bertz CT molecular complexity index is 116. The summed E-state index contributed by atoms with van der Waals surface area (Å²) in [7, 11) is 1.85. The van der Waals surface area contributed by atoms with Crippen molar-refractivity contribution in [2.75, 3.05) is 13.6 Å². The maximum Gasteiger partial charge on any atom is 0.231 e. The van der Waals surface area contributed by atoms with E-state index in [0.29, 0.717) is 12.6 Å². The van der Waals surface area contributed by atoms with Gasteiger partial charge in [-0.3, -0.25) is 9.69 Å². The van der Waals surface area contributed by atoms with E-state index in [4.69, 9.17) is 1.41 Å². The highest BCUT2D eigenvalue weighted by molar-refractivity contribution is 5.75. The van der Waals surface area contributed by atoms with Gasteiger partial charge in [0.2, 0.25) is 5.91 Å². The van der Waals surface area contributed by atoms with Crippen LogP contribution in [0.2, 0.25) is 1.41 Å². The zero-order chi connectivity index (χ0) is 8.15. The second-order valence-electron chi connectivity index (χ2n) is 2.43. The molecule has 2 N–H and O–H groups in total. The van der Waals surface area contributed by atoms with Crippen LogP contribution in [0.5, 0.6) is 0 Å². The summed E-state index contributed by atoms with van der Waals surface area (Å²) in [5.74, 6) is -0.267. The average Bonchev–Trinajstić information content (AvgIpc) is 1.87. The minimum Gasteiger partial charge on any atom is -0.369 e. The maximum atomic E-state index is 10.6. The molecular weight excluding hydrogens is 116 g/mol. The summed E-state index contributed by atoms with van der Waals surface area (Å²) in [5.41, 5.74) is 1.82. The van der Waals surface area contributed by atoms with Crippen molar-refractivity contribution in [2.24, 2.45) is 5.73 Å². The van der Waals surface area contributed by atoms with E-state index in [1.165, 1.54) is 0 Å². The Balaban J connectivity index is 3.57. The van der Waals surface area contributed by atoms with Gasteiger partial charge in [-0.1, -0.05) is 0 Å². The third-order valence-corrected chi connectivity index (χ3v) is 1.27. The van der Waals surface area contributed by atoms with Crippen LogP contribution in [0.15, 0.2) is 0 Å². The van der Waals surface area contributed by atoms with Crippen LogP contribution < -0.4 is 5.73 Å². The molecule has 3 nitrogen and oxygen atoms in total. The molecule has 54 valence electrons. The topological polar surface area (TPSA) is 46.3 Å². The van der Waals surface area contributed by atoms with E-state index in [1.54, 1.807) is 0 Å². The van der Waals surface area contributed by atoms with Crippen LogP contribution in [0, 0.1) is 0 Å². The largest absolute Gasteiger partial charge is 0.369 e. The quantitative estimate of drug-likeness (QED) is 0.578. The Morgan fingerprint density at radius 1 is 1.89 bits per heavy atom. The van der Waals surface area contributed by atoms with Crippen molar-refractivity contribution >= 4 is 5.91 Å². The summed E-state index contributed by atoms with van der Waals surface area (Å²) in [6.45, 7) is 4.29. The molecule has 0 unspecified atom stereocenters. The van der Waals surface area contributed by atoms with Crippen LogP contribution >= 0.6 is 0 Å². The zero-order valence-corrected chi connectivity index (χ0v) is 6.14. The van der Waals surface area contributed by atoms with Crippen LogP contribution in [0.25, 0.3) is 0 Å². The molecule has 9 heavy (non-hydrogen) atoms. The molecule has 0 fully saturated rings. The van der Waals surface area contributed by atoms with Gasteiger partial charge >= 0.3 is 0 Å². The SMILES string of the molecule is [3H]NC(=O)CN(C)C(C)C. The first-order chi connectivity index (χ1) is 4.57. The number of hydrogen-bond acceptors (Lipinski definition) is 2.